The van der Waals surface area contributed by atoms with E-state index in [1.54, 1.807) is 0 Å². The molecule has 0 aromatic rings. The van der Waals surface area contributed by atoms with Gasteiger partial charge in [-0.2, -0.15) is 5.10 Å². The zero-order valence-corrected chi connectivity index (χ0v) is 9.04. The average molecular weight is 209 g/mol. The molecule has 4 heteroatoms. The SMILES string of the molecule is NC(=O)N/N=C1/CC[C@@H]2CCCC[C@@H]2C1. The summed E-state index contributed by atoms with van der Waals surface area (Å²) >= 11 is 0. The summed E-state index contributed by atoms with van der Waals surface area (Å²) in [7, 11) is 0. The van der Waals surface area contributed by atoms with Crippen LogP contribution in [0.1, 0.15) is 44.9 Å². The molecule has 2 fully saturated rings. The quantitative estimate of drug-likeness (QED) is 0.637. The number of fused-ring (bicyclic) bond motifs is 1. The van der Waals surface area contributed by atoms with E-state index in [4.69, 9.17) is 5.73 Å². The van der Waals surface area contributed by atoms with E-state index in [0.717, 1.165) is 30.4 Å². The van der Waals surface area contributed by atoms with Gasteiger partial charge >= 0.3 is 6.03 Å². The molecule has 2 atom stereocenters. The summed E-state index contributed by atoms with van der Waals surface area (Å²) in [5.74, 6) is 1.72. The van der Waals surface area contributed by atoms with Crippen LogP contribution in [0.5, 0.6) is 0 Å². The lowest BCUT2D eigenvalue weighted by atomic mass is 9.70. The maximum Gasteiger partial charge on any atom is 0.332 e. The third-order valence-corrected chi connectivity index (χ3v) is 3.69. The first kappa shape index (κ1) is 10.5. The first-order chi connectivity index (χ1) is 7.25. The number of hydrazone groups is 1. The maximum absolute atomic E-state index is 10.5. The van der Waals surface area contributed by atoms with E-state index in [-0.39, 0.29) is 0 Å². The number of nitrogens with one attached hydrogen (secondary N) is 1. The third kappa shape index (κ3) is 2.70. The number of rotatable bonds is 1. The molecule has 2 aliphatic rings. The molecule has 15 heavy (non-hydrogen) atoms. The lowest BCUT2D eigenvalue weighted by molar-refractivity contribution is 0.217. The molecule has 0 bridgehead atoms. The van der Waals surface area contributed by atoms with Gasteiger partial charge in [-0.3, -0.25) is 0 Å². The first-order valence-electron chi connectivity index (χ1n) is 5.86. The van der Waals surface area contributed by atoms with Crippen molar-refractivity contribution >= 4 is 11.7 Å². The summed E-state index contributed by atoms with van der Waals surface area (Å²) in [5, 5.41) is 4.07. The second-order valence-corrected chi connectivity index (χ2v) is 4.70. The predicted molar refractivity (Wildman–Crippen MR) is 59.5 cm³/mol. The molecule has 0 aliphatic heterocycles. The highest BCUT2D eigenvalue weighted by atomic mass is 16.2. The number of hydrogen-bond donors (Lipinski definition) is 2. The van der Waals surface area contributed by atoms with Crippen LogP contribution in [0.2, 0.25) is 0 Å². The van der Waals surface area contributed by atoms with Crippen molar-refractivity contribution in [3.63, 3.8) is 0 Å². The summed E-state index contributed by atoms with van der Waals surface area (Å²) < 4.78 is 0. The summed E-state index contributed by atoms with van der Waals surface area (Å²) in [5.41, 5.74) is 8.44. The lowest BCUT2D eigenvalue weighted by Crippen LogP contribution is -2.31. The first-order valence-corrected chi connectivity index (χ1v) is 5.86. The second-order valence-electron chi connectivity index (χ2n) is 4.70. The standard InChI is InChI=1S/C11H19N3O/c12-11(15)14-13-10-6-5-8-3-1-2-4-9(8)7-10/h8-9H,1-7H2,(H3,12,14,15)/b13-10-/t8-,9+/m0/s1. The molecular formula is C11H19N3O. The van der Waals surface area contributed by atoms with Gasteiger partial charge in [0.05, 0.1) is 0 Å². The van der Waals surface area contributed by atoms with Crippen LogP contribution < -0.4 is 11.2 Å². The van der Waals surface area contributed by atoms with Crippen LogP contribution in [-0.4, -0.2) is 11.7 Å². The van der Waals surface area contributed by atoms with E-state index in [1.807, 2.05) is 0 Å². The fourth-order valence-electron chi connectivity index (χ4n) is 2.93. The molecule has 2 amide bonds. The molecule has 2 aliphatic carbocycles. The zero-order valence-electron chi connectivity index (χ0n) is 9.04. The van der Waals surface area contributed by atoms with Gasteiger partial charge in [0.15, 0.2) is 0 Å². The van der Waals surface area contributed by atoms with E-state index in [0.29, 0.717) is 0 Å². The molecule has 0 spiro atoms. The highest BCUT2D eigenvalue weighted by Crippen LogP contribution is 2.39. The topological polar surface area (TPSA) is 67.5 Å². The van der Waals surface area contributed by atoms with Crippen LogP contribution in [-0.2, 0) is 0 Å². The highest BCUT2D eigenvalue weighted by Gasteiger charge is 2.30. The number of primary amides is 1. The fourth-order valence-corrected chi connectivity index (χ4v) is 2.93. The van der Waals surface area contributed by atoms with Crippen molar-refractivity contribution in [2.75, 3.05) is 0 Å². The van der Waals surface area contributed by atoms with Crippen molar-refractivity contribution in [2.24, 2.45) is 22.7 Å². The number of amides is 2. The van der Waals surface area contributed by atoms with Crippen LogP contribution in [0.4, 0.5) is 4.79 Å². The highest BCUT2D eigenvalue weighted by molar-refractivity contribution is 5.86. The Morgan fingerprint density at radius 3 is 2.73 bits per heavy atom. The minimum absolute atomic E-state index is 0.562. The summed E-state index contributed by atoms with van der Waals surface area (Å²) in [6.45, 7) is 0. The van der Waals surface area contributed by atoms with Crippen LogP contribution in [0.15, 0.2) is 5.10 Å². The van der Waals surface area contributed by atoms with Crippen molar-refractivity contribution in [1.29, 1.82) is 0 Å². The smallest absolute Gasteiger partial charge is 0.332 e. The normalized spacial score (nSPS) is 33.5. The van der Waals surface area contributed by atoms with Gasteiger partial charge in [-0.1, -0.05) is 19.3 Å². The van der Waals surface area contributed by atoms with Crippen LogP contribution in [0.25, 0.3) is 0 Å². The molecule has 4 nitrogen and oxygen atoms in total. The van der Waals surface area contributed by atoms with Crippen LogP contribution >= 0.6 is 0 Å². The number of hydrogen-bond acceptors (Lipinski definition) is 2. The van der Waals surface area contributed by atoms with Gasteiger partial charge in [-0.25, -0.2) is 10.2 Å². The minimum atomic E-state index is -0.562. The number of nitrogens with two attached hydrogens (primary N) is 1. The van der Waals surface area contributed by atoms with Gasteiger partial charge in [-0.05, 0) is 37.5 Å². The fraction of sp³-hybridized carbons (Fsp3) is 0.818. The Morgan fingerprint density at radius 2 is 2.00 bits per heavy atom. The van der Waals surface area contributed by atoms with Gasteiger partial charge in [0.25, 0.3) is 0 Å². The maximum atomic E-state index is 10.5. The molecule has 2 saturated carbocycles. The molecule has 0 unspecified atom stereocenters. The number of urea groups is 1. The predicted octanol–water partition coefficient (Wildman–Crippen LogP) is 2.00. The van der Waals surface area contributed by atoms with E-state index in [9.17, 15) is 4.79 Å². The lowest BCUT2D eigenvalue weighted by Gasteiger charge is -2.35. The Hall–Kier alpha value is -1.06. The van der Waals surface area contributed by atoms with Crippen molar-refractivity contribution in [2.45, 2.75) is 44.9 Å². The van der Waals surface area contributed by atoms with Crippen molar-refractivity contribution in [1.82, 2.24) is 5.43 Å². The van der Waals surface area contributed by atoms with Crippen molar-refractivity contribution < 1.29 is 4.79 Å². The van der Waals surface area contributed by atoms with Gasteiger partial charge < -0.3 is 5.73 Å². The second kappa shape index (κ2) is 4.64. The van der Waals surface area contributed by atoms with E-state index in [1.165, 1.54) is 32.1 Å². The molecule has 84 valence electrons. The van der Waals surface area contributed by atoms with Gasteiger partial charge in [0.2, 0.25) is 0 Å². The molecule has 3 N–H and O–H groups in total. The molecule has 0 radical (unpaired) electrons. The minimum Gasteiger partial charge on any atom is -0.350 e. The average Bonchev–Trinajstić information content (AvgIpc) is 2.26. The third-order valence-electron chi connectivity index (χ3n) is 3.69. The van der Waals surface area contributed by atoms with Gasteiger partial charge in [0, 0.05) is 5.71 Å². The van der Waals surface area contributed by atoms with E-state index < -0.39 is 6.03 Å². The van der Waals surface area contributed by atoms with Crippen molar-refractivity contribution in [3.8, 4) is 0 Å². The number of carbonyl (C=O) groups is 1. The molecule has 0 saturated heterocycles. The Bertz CT molecular complexity index is 275. The summed E-state index contributed by atoms with van der Waals surface area (Å²) in [6.07, 6.45) is 8.81. The Balaban J connectivity index is 1.90. The Morgan fingerprint density at radius 1 is 1.27 bits per heavy atom. The zero-order chi connectivity index (χ0) is 10.7. The molecule has 0 aromatic carbocycles. The van der Waals surface area contributed by atoms with Crippen molar-refractivity contribution in [3.05, 3.63) is 0 Å². The van der Waals surface area contributed by atoms with Crippen LogP contribution in [0.3, 0.4) is 0 Å². The van der Waals surface area contributed by atoms with Crippen LogP contribution in [0, 0.1) is 11.8 Å². The Labute approximate surface area is 90.3 Å². The van der Waals surface area contributed by atoms with E-state index in [2.05, 4.69) is 10.5 Å². The summed E-state index contributed by atoms with van der Waals surface area (Å²) in [6, 6.07) is -0.562. The number of nitrogens with zero attached hydrogens (tertiary/aromatic N) is 1. The number of carbonyl (C=O) groups excluding carboxylic acids is 1. The Kier molecular flexibility index (Phi) is 3.23. The van der Waals surface area contributed by atoms with E-state index >= 15 is 0 Å². The largest absolute Gasteiger partial charge is 0.350 e. The monoisotopic (exact) mass is 209 g/mol. The molecular weight excluding hydrogens is 190 g/mol. The molecule has 0 heterocycles. The van der Waals surface area contributed by atoms with Gasteiger partial charge in [-0.15, -0.1) is 0 Å². The molecule has 0 aromatic heterocycles. The van der Waals surface area contributed by atoms with Gasteiger partial charge in [0.1, 0.15) is 0 Å². The molecule has 2 rings (SSSR count). The summed E-state index contributed by atoms with van der Waals surface area (Å²) in [4.78, 5) is 10.5.